The average Bonchev–Trinajstić information content (AvgIpc) is 3.29. The van der Waals surface area contributed by atoms with Crippen molar-refractivity contribution in [2.45, 2.75) is 43.7 Å². The topological polar surface area (TPSA) is 138 Å². The number of rotatable bonds is 6. The number of carbonyl (C=O) groups excluding carboxylic acids is 2. The van der Waals surface area contributed by atoms with Gasteiger partial charge in [0.2, 0.25) is 5.91 Å². The largest absolute Gasteiger partial charge is 0.354 e. The Bertz CT molecular complexity index is 972. The second-order valence-corrected chi connectivity index (χ2v) is 7.91. The van der Waals surface area contributed by atoms with E-state index < -0.39 is 5.54 Å². The molecular formula is C19H26N8O3. The summed E-state index contributed by atoms with van der Waals surface area (Å²) in [4.78, 5) is 47.3. The number of aromatic nitrogens is 5. The highest BCUT2D eigenvalue weighted by Crippen LogP contribution is 2.38. The summed E-state index contributed by atoms with van der Waals surface area (Å²) < 4.78 is 1.44. The van der Waals surface area contributed by atoms with Crippen LogP contribution in [-0.2, 0) is 18.3 Å². The van der Waals surface area contributed by atoms with Gasteiger partial charge in [-0.15, -0.1) is 0 Å². The van der Waals surface area contributed by atoms with Crippen molar-refractivity contribution < 1.29 is 9.59 Å². The summed E-state index contributed by atoms with van der Waals surface area (Å²) in [6.07, 6.45) is 8.23. The molecule has 4 heterocycles. The Morgan fingerprint density at radius 2 is 2.20 bits per heavy atom. The zero-order valence-corrected chi connectivity index (χ0v) is 16.9. The third-order valence-electron chi connectivity index (χ3n) is 6.06. The molecule has 3 N–H and O–H groups in total. The molecule has 0 spiro atoms. The molecule has 160 valence electrons. The van der Waals surface area contributed by atoms with Crippen LogP contribution in [0.1, 0.15) is 42.0 Å². The molecule has 2 saturated heterocycles. The van der Waals surface area contributed by atoms with Gasteiger partial charge >= 0.3 is 5.69 Å². The Labute approximate surface area is 173 Å². The maximum Gasteiger partial charge on any atom is 0.343 e. The molecular weight excluding hydrogens is 388 g/mol. The quantitative estimate of drug-likeness (QED) is 0.550. The minimum Gasteiger partial charge on any atom is -0.354 e. The zero-order chi connectivity index (χ0) is 21.1. The number of nitrogens with one attached hydrogen (secondary N) is 3. The lowest BCUT2D eigenvalue weighted by Gasteiger charge is -2.40. The maximum atomic E-state index is 13.2. The lowest BCUT2D eigenvalue weighted by molar-refractivity contribution is -0.133. The van der Waals surface area contributed by atoms with Crippen molar-refractivity contribution in [2.75, 3.05) is 19.6 Å². The Kier molecular flexibility index (Phi) is 5.62. The number of nitrogens with zero attached hydrogens (tertiary/aromatic N) is 5. The van der Waals surface area contributed by atoms with Gasteiger partial charge in [-0.05, 0) is 32.2 Å². The van der Waals surface area contributed by atoms with Gasteiger partial charge in [-0.1, -0.05) is 0 Å². The van der Waals surface area contributed by atoms with E-state index in [0.29, 0.717) is 31.8 Å². The molecule has 0 unspecified atom stereocenters. The first-order valence-electron chi connectivity index (χ1n) is 10.2. The summed E-state index contributed by atoms with van der Waals surface area (Å²) in [6.45, 7) is 1.86. The SMILES string of the molecule is Cn1c(CCNC(=O)[C@@]23CCCCN2C[C@@H](NC(=O)c2cnccn2)C3)n[nH]c1=O. The van der Waals surface area contributed by atoms with E-state index in [9.17, 15) is 14.4 Å². The minimum atomic E-state index is -0.615. The van der Waals surface area contributed by atoms with Crippen molar-refractivity contribution in [3.05, 3.63) is 40.6 Å². The first-order valence-corrected chi connectivity index (χ1v) is 10.2. The van der Waals surface area contributed by atoms with Crippen LogP contribution in [0, 0.1) is 0 Å². The lowest BCUT2D eigenvalue weighted by atomic mass is 9.84. The highest BCUT2D eigenvalue weighted by molar-refractivity contribution is 5.92. The van der Waals surface area contributed by atoms with Crippen LogP contribution in [0.2, 0.25) is 0 Å². The highest BCUT2D eigenvalue weighted by Gasteiger charge is 2.52. The molecule has 2 aliphatic heterocycles. The second-order valence-electron chi connectivity index (χ2n) is 7.91. The summed E-state index contributed by atoms with van der Waals surface area (Å²) in [5.41, 5.74) is -0.618. The van der Waals surface area contributed by atoms with Gasteiger partial charge in [0.15, 0.2) is 0 Å². The molecule has 11 nitrogen and oxygen atoms in total. The fraction of sp³-hybridized carbons (Fsp3) is 0.579. The first kappa shape index (κ1) is 20.2. The molecule has 2 aromatic heterocycles. The molecule has 2 atom stereocenters. The van der Waals surface area contributed by atoms with Gasteiger partial charge < -0.3 is 10.6 Å². The van der Waals surface area contributed by atoms with Gasteiger partial charge in [-0.3, -0.25) is 24.0 Å². The van der Waals surface area contributed by atoms with E-state index in [1.165, 1.54) is 23.2 Å². The van der Waals surface area contributed by atoms with E-state index in [2.05, 4.69) is 35.7 Å². The standard InChI is InChI=1S/C19H26N8O3/c1-26-15(24-25-18(26)30)4-6-22-17(29)19-5-2-3-9-27(19)12-13(10-19)23-16(28)14-11-20-7-8-21-14/h7-8,11,13H,2-6,9-10,12H2,1H3,(H,22,29)(H,23,28)(H,25,30)/t13-,19-/m0/s1. The van der Waals surface area contributed by atoms with Crippen molar-refractivity contribution in [2.24, 2.45) is 7.05 Å². The van der Waals surface area contributed by atoms with Gasteiger partial charge in [0.25, 0.3) is 5.91 Å². The number of amides is 2. The van der Waals surface area contributed by atoms with Crippen molar-refractivity contribution in [3.63, 3.8) is 0 Å². The molecule has 0 bridgehead atoms. The number of piperidine rings is 1. The average molecular weight is 414 g/mol. The summed E-state index contributed by atoms with van der Waals surface area (Å²) >= 11 is 0. The van der Waals surface area contributed by atoms with Crippen LogP contribution in [0.25, 0.3) is 0 Å². The zero-order valence-electron chi connectivity index (χ0n) is 16.9. The molecule has 0 radical (unpaired) electrons. The van der Waals surface area contributed by atoms with E-state index in [4.69, 9.17) is 0 Å². The number of fused-ring (bicyclic) bond motifs is 1. The molecule has 4 rings (SSSR count). The van der Waals surface area contributed by atoms with E-state index in [0.717, 1.165) is 25.8 Å². The van der Waals surface area contributed by atoms with Crippen molar-refractivity contribution in [3.8, 4) is 0 Å². The van der Waals surface area contributed by atoms with Gasteiger partial charge in [0.05, 0.1) is 6.20 Å². The van der Waals surface area contributed by atoms with Crippen LogP contribution in [0.4, 0.5) is 0 Å². The molecule has 0 aliphatic carbocycles. The normalized spacial score (nSPS) is 23.7. The summed E-state index contributed by atoms with van der Waals surface area (Å²) in [7, 11) is 1.64. The number of H-pyrrole nitrogens is 1. The molecule has 2 aliphatic rings. The van der Waals surface area contributed by atoms with Crippen molar-refractivity contribution >= 4 is 11.8 Å². The van der Waals surface area contributed by atoms with E-state index in [1.807, 2.05) is 0 Å². The van der Waals surface area contributed by atoms with Crippen molar-refractivity contribution in [1.82, 2.24) is 40.3 Å². The van der Waals surface area contributed by atoms with Crippen molar-refractivity contribution in [1.29, 1.82) is 0 Å². The monoisotopic (exact) mass is 414 g/mol. The fourth-order valence-electron chi connectivity index (χ4n) is 4.51. The van der Waals surface area contributed by atoms with Gasteiger partial charge in [0, 0.05) is 45.0 Å². The highest BCUT2D eigenvalue weighted by atomic mass is 16.2. The Morgan fingerprint density at radius 1 is 1.33 bits per heavy atom. The van der Waals surface area contributed by atoms with Crippen LogP contribution in [-0.4, -0.2) is 72.7 Å². The van der Waals surface area contributed by atoms with E-state index in [1.54, 1.807) is 7.05 Å². The van der Waals surface area contributed by atoms with Crippen LogP contribution in [0.15, 0.2) is 23.4 Å². The summed E-state index contributed by atoms with van der Waals surface area (Å²) in [5.74, 6) is 0.292. The fourth-order valence-corrected chi connectivity index (χ4v) is 4.51. The lowest BCUT2D eigenvalue weighted by Crippen LogP contribution is -2.57. The van der Waals surface area contributed by atoms with Crippen LogP contribution < -0.4 is 16.3 Å². The first-order chi connectivity index (χ1) is 14.5. The van der Waals surface area contributed by atoms with E-state index in [-0.39, 0.29) is 29.2 Å². The molecule has 2 aromatic rings. The molecule has 30 heavy (non-hydrogen) atoms. The van der Waals surface area contributed by atoms with Crippen LogP contribution in [0.5, 0.6) is 0 Å². The predicted molar refractivity (Wildman–Crippen MR) is 107 cm³/mol. The molecule has 11 heteroatoms. The Hall–Kier alpha value is -3.08. The van der Waals surface area contributed by atoms with Crippen LogP contribution >= 0.6 is 0 Å². The number of carbonyl (C=O) groups is 2. The summed E-state index contributed by atoms with van der Waals surface area (Å²) in [5, 5.41) is 12.4. The smallest absolute Gasteiger partial charge is 0.343 e. The Balaban J connectivity index is 1.39. The van der Waals surface area contributed by atoms with Gasteiger partial charge in [0.1, 0.15) is 17.1 Å². The third-order valence-corrected chi connectivity index (χ3v) is 6.06. The Morgan fingerprint density at radius 3 is 2.93 bits per heavy atom. The second kappa shape index (κ2) is 8.34. The molecule has 0 aromatic carbocycles. The number of hydrogen-bond acceptors (Lipinski definition) is 7. The maximum absolute atomic E-state index is 13.2. The molecule has 2 amide bonds. The third kappa shape index (κ3) is 3.84. The van der Waals surface area contributed by atoms with Gasteiger partial charge in [-0.25, -0.2) is 14.9 Å². The molecule has 2 fully saturated rings. The minimum absolute atomic E-state index is 0.0287. The predicted octanol–water partition coefficient (Wildman–Crippen LogP) is -1.02. The van der Waals surface area contributed by atoms with E-state index >= 15 is 0 Å². The van der Waals surface area contributed by atoms with Gasteiger partial charge in [-0.2, -0.15) is 5.10 Å². The van der Waals surface area contributed by atoms with Crippen LogP contribution in [0.3, 0.4) is 0 Å². The number of hydrogen-bond donors (Lipinski definition) is 3. The molecule has 0 saturated carbocycles. The summed E-state index contributed by atoms with van der Waals surface area (Å²) in [6, 6.07) is -0.129. The number of aromatic amines is 1.